The van der Waals surface area contributed by atoms with Crippen LogP contribution in [0.2, 0.25) is 0 Å². The van der Waals surface area contributed by atoms with Gasteiger partial charge in [-0.25, -0.2) is 0 Å². The highest BCUT2D eigenvalue weighted by Gasteiger charge is 2.26. The zero-order valence-corrected chi connectivity index (χ0v) is 11.4. The maximum atomic E-state index is 9.73. The topological polar surface area (TPSA) is 58.3 Å². The Bertz CT molecular complexity index is 662. The van der Waals surface area contributed by atoms with Gasteiger partial charge in [0.25, 0.3) is 0 Å². The normalized spacial score (nSPS) is 20.5. The lowest BCUT2D eigenvalue weighted by molar-refractivity contribution is 0.199. The first kappa shape index (κ1) is 12.8. The molecular formula is C17H18N2O. The highest BCUT2D eigenvalue weighted by atomic mass is 16.3. The van der Waals surface area contributed by atoms with E-state index in [9.17, 15) is 5.11 Å². The van der Waals surface area contributed by atoms with E-state index in [2.05, 4.69) is 23.5 Å². The lowest BCUT2D eigenvalue weighted by Gasteiger charge is -2.15. The van der Waals surface area contributed by atoms with Gasteiger partial charge in [-0.3, -0.25) is 0 Å². The third kappa shape index (κ3) is 2.06. The predicted octanol–water partition coefficient (Wildman–Crippen LogP) is 2.69. The number of nitrogens with two attached hydrogens (primary N) is 1. The van der Waals surface area contributed by atoms with Crippen molar-refractivity contribution in [1.29, 1.82) is 0 Å². The van der Waals surface area contributed by atoms with Crippen molar-refractivity contribution in [3.05, 3.63) is 77.0 Å². The van der Waals surface area contributed by atoms with E-state index in [0.29, 0.717) is 0 Å². The molecule has 3 rings (SSSR count). The average Bonchev–Trinajstić information content (AvgIpc) is 2.86. The quantitative estimate of drug-likeness (QED) is 0.783. The molecule has 0 saturated carbocycles. The van der Waals surface area contributed by atoms with Gasteiger partial charge >= 0.3 is 0 Å². The van der Waals surface area contributed by atoms with E-state index in [-0.39, 0.29) is 6.04 Å². The van der Waals surface area contributed by atoms with E-state index < -0.39 is 6.10 Å². The van der Waals surface area contributed by atoms with Crippen molar-refractivity contribution >= 4 is 5.70 Å². The Labute approximate surface area is 118 Å². The lowest BCUT2D eigenvalue weighted by Crippen LogP contribution is -2.14. The van der Waals surface area contributed by atoms with Gasteiger partial charge in [0, 0.05) is 11.8 Å². The molecule has 2 aromatic carbocycles. The van der Waals surface area contributed by atoms with Gasteiger partial charge in [-0.05, 0) is 23.6 Å². The van der Waals surface area contributed by atoms with E-state index >= 15 is 0 Å². The summed E-state index contributed by atoms with van der Waals surface area (Å²) >= 11 is 0. The summed E-state index contributed by atoms with van der Waals surface area (Å²) in [6, 6.07) is 16.3. The highest BCUT2D eigenvalue weighted by Crippen LogP contribution is 2.36. The van der Waals surface area contributed by atoms with Crippen LogP contribution in [0.3, 0.4) is 0 Å². The van der Waals surface area contributed by atoms with E-state index in [0.717, 1.165) is 22.4 Å². The first-order valence-electron chi connectivity index (χ1n) is 6.76. The largest absolute Gasteiger partial charge is 0.403 e. The molecule has 3 heteroatoms. The molecule has 2 aromatic rings. The zero-order chi connectivity index (χ0) is 14.1. The third-order valence-corrected chi connectivity index (χ3v) is 3.75. The van der Waals surface area contributed by atoms with Crippen molar-refractivity contribution in [3.8, 4) is 0 Å². The first-order valence-corrected chi connectivity index (χ1v) is 6.76. The number of nitrogens with one attached hydrogen (secondary N) is 1. The van der Waals surface area contributed by atoms with Crippen LogP contribution >= 0.6 is 0 Å². The second-order valence-corrected chi connectivity index (χ2v) is 5.09. The third-order valence-electron chi connectivity index (χ3n) is 3.75. The number of rotatable bonds is 2. The molecule has 1 aliphatic heterocycles. The monoisotopic (exact) mass is 266 g/mol. The fourth-order valence-corrected chi connectivity index (χ4v) is 2.70. The molecule has 0 aliphatic carbocycles. The minimum Gasteiger partial charge on any atom is -0.403 e. The molecule has 0 fully saturated rings. The number of fused-ring (bicyclic) bond motifs is 1. The molecule has 4 N–H and O–H groups in total. The molecule has 0 saturated heterocycles. The van der Waals surface area contributed by atoms with Gasteiger partial charge in [-0.15, -0.1) is 0 Å². The fraction of sp³-hybridized carbons (Fsp3) is 0.176. The molecule has 0 spiro atoms. The molecule has 2 atom stereocenters. The molecule has 1 aliphatic rings. The van der Waals surface area contributed by atoms with Gasteiger partial charge in [-0.2, -0.15) is 0 Å². The molecule has 2 unspecified atom stereocenters. The molecule has 102 valence electrons. The van der Waals surface area contributed by atoms with Crippen LogP contribution in [0.4, 0.5) is 0 Å². The van der Waals surface area contributed by atoms with Crippen LogP contribution < -0.4 is 11.1 Å². The highest BCUT2D eigenvalue weighted by molar-refractivity contribution is 5.73. The maximum absolute atomic E-state index is 9.73. The number of aliphatic hydroxyl groups excluding tert-OH is 1. The number of benzene rings is 2. The minimum absolute atomic E-state index is 0.0831. The number of hydrogen-bond donors (Lipinski definition) is 3. The van der Waals surface area contributed by atoms with E-state index in [1.165, 1.54) is 5.56 Å². The van der Waals surface area contributed by atoms with Crippen LogP contribution in [0.15, 0.2) is 54.7 Å². The molecule has 0 amide bonds. The van der Waals surface area contributed by atoms with Gasteiger partial charge < -0.3 is 16.2 Å². The van der Waals surface area contributed by atoms with Crippen molar-refractivity contribution in [2.45, 2.75) is 19.1 Å². The van der Waals surface area contributed by atoms with Gasteiger partial charge in [0.2, 0.25) is 0 Å². The molecule has 1 heterocycles. The summed E-state index contributed by atoms with van der Waals surface area (Å²) in [5, 5.41) is 13.2. The van der Waals surface area contributed by atoms with Crippen LogP contribution in [0.5, 0.6) is 0 Å². The second-order valence-electron chi connectivity index (χ2n) is 5.09. The van der Waals surface area contributed by atoms with Crippen LogP contribution in [-0.4, -0.2) is 5.11 Å². The van der Waals surface area contributed by atoms with Crippen molar-refractivity contribution in [2.75, 3.05) is 0 Å². The summed E-state index contributed by atoms with van der Waals surface area (Å²) in [6.45, 7) is 1.78. The van der Waals surface area contributed by atoms with Crippen molar-refractivity contribution in [3.63, 3.8) is 0 Å². The average molecular weight is 266 g/mol. The Hall–Kier alpha value is -2.26. The lowest BCUT2D eigenvalue weighted by atomic mass is 9.96. The number of aliphatic hydroxyl groups is 1. The molecule has 0 radical (unpaired) electrons. The van der Waals surface area contributed by atoms with E-state index in [1.807, 2.05) is 30.3 Å². The standard InChI is InChI=1S/C17H18N2O/c1-11(20)12-5-4-6-13(9-12)17-15-8-3-2-7-14(15)16(10-18)19-17/h2-11,17,19-20H,18H2,1H3/b16-10-. The Morgan fingerprint density at radius 2 is 2.00 bits per heavy atom. The van der Waals surface area contributed by atoms with Crippen molar-refractivity contribution < 1.29 is 5.11 Å². The predicted molar refractivity (Wildman–Crippen MR) is 80.7 cm³/mol. The van der Waals surface area contributed by atoms with E-state index in [4.69, 9.17) is 5.73 Å². The minimum atomic E-state index is -0.462. The maximum Gasteiger partial charge on any atom is 0.0774 e. The SMILES string of the molecule is CC(O)c1cccc(C2N/C(=C\N)c3ccccc32)c1. The summed E-state index contributed by atoms with van der Waals surface area (Å²) in [4.78, 5) is 0. The van der Waals surface area contributed by atoms with Gasteiger partial charge in [-0.1, -0.05) is 48.5 Å². The summed E-state index contributed by atoms with van der Waals surface area (Å²) < 4.78 is 0. The Balaban J connectivity index is 2.06. The van der Waals surface area contributed by atoms with Crippen LogP contribution in [-0.2, 0) is 0 Å². The van der Waals surface area contributed by atoms with Crippen LogP contribution in [0.1, 0.15) is 41.3 Å². The molecule has 3 nitrogen and oxygen atoms in total. The summed E-state index contributed by atoms with van der Waals surface area (Å²) in [5.74, 6) is 0. The number of hydrogen-bond acceptors (Lipinski definition) is 3. The van der Waals surface area contributed by atoms with Crippen LogP contribution in [0, 0.1) is 0 Å². The van der Waals surface area contributed by atoms with Crippen molar-refractivity contribution in [2.24, 2.45) is 5.73 Å². The van der Waals surface area contributed by atoms with Gasteiger partial charge in [0.05, 0.1) is 17.8 Å². The molecule has 0 aromatic heterocycles. The smallest absolute Gasteiger partial charge is 0.0774 e. The summed E-state index contributed by atoms with van der Waals surface area (Å²) in [7, 11) is 0. The zero-order valence-electron chi connectivity index (χ0n) is 11.4. The Morgan fingerprint density at radius 1 is 1.20 bits per heavy atom. The molecule has 0 bridgehead atoms. The van der Waals surface area contributed by atoms with Crippen LogP contribution in [0.25, 0.3) is 5.70 Å². The summed E-state index contributed by atoms with van der Waals surface area (Å²) in [6.07, 6.45) is 1.15. The molecular weight excluding hydrogens is 248 g/mol. The Kier molecular flexibility index (Phi) is 3.20. The molecule has 20 heavy (non-hydrogen) atoms. The van der Waals surface area contributed by atoms with Crippen molar-refractivity contribution in [1.82, 2.24) is 5.32 Å². The summed E-state index contributed by atoms with van der Waals surface area (Å²) in [5.41, 5.74) is 11.1. The van der Waals surface area contributed by atoms with Gasteiger partial charge in [0.1, 0.15) is 0 Å². The Morgan fingerprint density at radius 3 is 2.75 bits per heavy atom. The second kappa shape index (κ2) is 5.02. The first-order chi connectivity index (χ1) is 9.70. The van der Waals surface area contributed by atoms with E-state index in [1.54, 1.807) is 13.1 Å². The van der Waals surface area contributed by atoms with Gasteiger partial charge in [0.15, 0.2) is 0 Å². The fourth-order valence-electron chi connectivity index (χ4n) is 2.70.